The van der Waals surface area contributed by atoms with Crippen LogP contribution in [0.4, 0.5) is 4.79 Å². The van der Waals surface area contributed by atoms with E-state index in [1.807, 2.05) is 31.2 Å². The Kier molecular flexibility index (Phi) is 9.46. The molecule has 0 aromatic heterocycles. The maximum atomic E-state index is 12.6. The Hall–Kier alpha value is -3.39. The SMILES string of the molecule is CCCCC(NC(=O)OCC1c2ccccc2-c2ccccc21)C(=O)NCCOCCC(=O)O. The van der Waals surface area contributed by atoms with E-state index in [1.54, 1.807) is 0 Å². The fourth-order valence-corrected chi connectivity index (χ4v) is 4.09. The molecular weight excluding hydrogens is 436 g/mol. The average molecular weight is 469 g/mol. The number of rotatable bonds is 13. The number of benzene rings is 2. The van der Waals surface area contributed by atoms with Gasteiger partial charge >= 0.3 is 12.1 Å². The van der Waals surface area contributed by atoms with Crippen LogP contribution in [0.1, 0.15) is 49.7 Å². The van der Waals surface area contributed by atoms with Crippen LogP contribution in [-0.2, 0) is 19.1 Å². The minimum Gasteiger partial charge on any atom is -0.481 e. The summed E-state index contributed by atoms with van der Waals surface area (Å²) in [6.45, 7) is 2.71. The molecule has 1 aliphatic rings. The summed E-state index contributed by atoms with van der Waals surface area (Å²) in [5.74, 6) is -1.30. The van der Waals surface area contributed by atoms with Crippen LogP contribution in [0.5, 0.6) is 0 Å². The van der Waals surface area contributed by atoms with E-state index in [0.717, 1.165) is 35.1 Å². The first-order valence-corrected chi connectivity index (χ1v) is 11.7. The second-order valence-corrected chi connectivity index (χ2v) is 8.21. The molecule has 0 spiro atoms. The number of hydrogen-bond donors (Lipinski definition) is 3. The molecule has 2 aromatic rings. The monoisotopic (exact) mass is 468 g/mol. The second kappa shape index (κ2) is 12.7. The standard InChI is InChI=1S/C26H32N2O6/c1-2-3-12-23(25(31)27-14-16-33-15-13-24(29)30)28-26(32)34-17-22-20-10-6-4-8-18(20)19-9-5-7-11-21(19)22/h4-11,22-23H,2-3,12-17H2,1H3,(H,27,31)(H,28,32)(H,29,30). The van der Waals surface area contributed by atoms with Crippen LogP contribution in [0.3, 0.4) is 0 Å². The lowest BCUT2D eigenvalue weighted by atomic mass is 9.98. The van der Waals surface area contributed by atoms with Gasteiger partial charge in [0.05, 0.1) is 19.6 Å². The lowest BCUT2D eigenvalue weighted by molar-refractivity contribution is -0.138. The fourth-order valence-electron chi connectivity index (χ4n) is 4.09. The van der Waals surface area contributed by atoms with Crippen molar-refractivity contribution in [1.82, 2.24) is 10.6 Å². The number of alkyl carbamates (subject to hydrolysis) is 1. The molecular formula is C26H32N2O6. The van der Waals surface area contributed by atoms with Gasteiger partial charge in [0.15, 0.2) is 0 Å². The van der Waals surface area contributed by atoms with Crippen molar-refractivity contribution in [2.75, 3.05) is 26.4 Å². The van der Waals surface area contributed by atoms with Crippen molar-refractivity contribution in [1.29, 1.82) is 0 Å². The number of aliphatic carboxylic acids is 1. The number of nitrogens with one attached hydrogen (secondary N) is 2. The van der Waals surface area contributed by atoms with Crippen molar-refractivity contribution in [3.05, 3.63) is 59.7 Å². The molecule has 8 nitrogen and oxygen atoms in total. The van der Waals surface area contributed by atoms with Crippen LogP contribution in [0, 0.1) is 0 Å². The largest absolute Gasteiger partial charge is 0.481 e. The highest BCUT2D eigenvalue weighted by Gasteiger charge is 2.29. The first kappa shape index (κ1) is 25.2. The normalized spacial score (nSPS) is 13.0. The third-order valence-electron chi connectivity index (χ3n) is 5.80. The van der Waals surface area contributed by atoms with E-state index in [-0.39, 0.29) is 44.6 Å². The molecule has 0 saturated heterocycles. The number of carbonyl (C=O) groups is 3. The summed E-state index contributed by atoms with van der Waals surface area (Å²) in [4.78, 5) is 35.7. The average Bonchev–Trinajstić information content (AvgIpc) is 3.16. The van der Waals surface area contributed by atoms with E-state index in [1.165, 1.54) is 0 Å². The number of amides is 2. The van der Waals surface area contributed by atoms with E-state index in [9.17, 15) is 14.4 Å². The van der Waals surface area contributed by atoms with Crippen molar-refractivity contribution < 1.29 is 29.0 Å². The zero-order valence-electron chi connectivity index (χ0n) is 19.4. The predicted molar refractivity (Wildman–Crippen MR) is 128 cm³/mol. The third kappa shape index (κ3) is 6.81. The Morgan fingerprint density at radius 3 is 2.26 bits per heavy atom. The van der Waals surface area contributed by atoms with E-state index < -0.39 is 18.1 Å². The van der Waals surface area contributed by atoms with Gasteiger partial charge in [-0.2, -0.15) is 0 Å². The molecule has 1 atom stereocenters. The number of carboxylic acids is 1. The quantitative estimate of drug-likeness (QED) is 0.386. The van der Waals surface area contributed by atoms with Gasteiger partial charge in [0, 0.05) is 12.5 Å². The molecule has 3 N–H and O–H groups in total. The Labute approximate surface area is 199 Å². The lowest BCUT2D eigenvalue weighted by Crippen LogP contribution is -2.47. The van der Waals surface area contributed by atoms with E-state index in [0.29, 0.717) is 6.42 Å². The number of hydrogen-bond acceptors (Lipinski definition) is 5. The summed E-state index contributed by atoms with van der Waals surface area (Å²) in [6, 6.07) is 15.5. The molecule has 0 fully saturated rings. The summed E-state index contributed by atoms with van der Waals surface area (Å²) >= 11 is 0. The summed E-state index contributed by atoms with van der Waals surface area (Å²) in [6.07, 6.45) is 1.43. The van der Waals surface area contributed by atoms with Crippen LogP contribution in [0.2, 0.25) is 0 Å². The van der Waals surface area contributed by atoms with E-state index in [2.05, 4.69) is 34.9 Å². The van der Waals surface area contributed by atoms with Crippen molar-refractivity contribution in [2.24, 2.45) is 0 Å². The molecule has 1 unspecified atom stereocenters. The highest BCUT2D eigenvalue weighted by molar-refractivity contribution is 5.85. The molecule has 8 heteroatoms. The van der Waals surface area contributed by atoms with Gasteiger partial charge in [-0.15, -0.1) is 0 Å². The molecule has 0 bridgehead atoms. The maximum absolute atomic E-state index is 12.6. The third-order valence-corrected chi connectivity index (χ3v) is 5.80. The molecule has 3 rings (SSSR count). The molecule has 0 saturated carbocycles. The van der Waals surface area contributed by atoms with Crippen molar-refractivity contribution >= 4 is 18.0 Å². The highest BCUT2D eigenvalue weighted by atomic mass is 16.5. The van der Waals surface area contributed by atoms with Gasteiger partial charge in [0.1, 0.15) is 12.6 Å². The van der Waals surface area contributed by atoms with Gasteiger partial charge in [-0.3, -0.25) is 9.59 Å². The van der Waals surface area contributed by atoms with Gasteiger partial charge in [-0.1, -0.05) is 68.3 Å². The number of carbonyl (C=O) groups excluding carboxylic acids is 2. The number of unbranched alkanes of at least 4 members (excludes halogenated alkanes) is 1. The molecule has 1 aliphatic carbocycles. The van der Waals surface area contributed by atoms with Gasteiger partial charge in [0.2, 0.25) is 5.91 Å². The summed E-state index contributed by atoms with van der Waals surface area (Å²) in [5.41, 5.74) is 4.55. The van der Waals surface area contributed by atoms with Crippen LogP contribution >= 0.6 is 0 Å². The van der Waals surface area contributed by atoms with Crippen molar-refractivity contribution in [2.45, 2.75) is 44.6 Å². The molecule has 0 radical (unpaired) electrons. The zero-order chi connectivity index (χ0) is 24.3. The van der Waals surface area contributed by atoms with Crippen LogP contribution < -0.4 is 10.6 Å². The summed E-state index contributed by atoms with van der Waals surface area (Å²) < 4.78 is 10.8. The molecule has 2 amide bonds. The first-order valence-electron chi connectivity index (χ1n) is 11.7. The Morgan fingerprint density at radius 1 is 1.00 bits per heavy atom. The smallest absolute Gasteiger partial charge is 0.407 e. The van der Waals surface area contributed by atoms with Crippen LogP contribution in [-0.4, -0.2) is 55.5 Å². The molecule has 182 valence electrons. The first-order chi connectivity index (χ1) is 16.5. The van der Waals surface area contributed by atoms with Crippen LogP contribution in [0.25, 0.3) is 11.1 Å². The number of ether oxygens (including phenoxy) is 2. The highest BCUT2D eigenvalue weighted by Crippen LogP contribution is 2.44. The van der Waals surface area contributed by atoms with Crippen molar-refractivity contribution in [3.8, 4) is 11.1 Å². The molecule has 2 aromatic carbocycles. The Morgan fingerprint density at radius 2 is 1.65 bits per heavy atom. The molecule has 34 heavy (non-hydrogen) atoms. The Bertz CT molecular complexity index is 947. The van der Waals surface area contributed by atoms with Gasteiger partial charge < -0.3 is 25.2 Å². The summed E-state index contributed by atoms with van der Waals surface area (Å²) in [5, 5.41) is 14.0. The molecule has 0 heterocycles. The van der Waals surface area contributed by atoms with E-state index >= 15 is 0 Å². The Balaban J connectivity index is 1.52. The second-order valence-electron chi connectivity index (χ2n) is 8.21. The van der Waals surface area contributed by atoms with Gasteiger partial charge in [-0.05, 0) is 28.7 Å². The fraction of sp³-hybridized carbons (Fsp3) is 0.423. The minimum atomic E-state index is -0.934. The maximum Gasteiger partial charge on any atom is 0.407 e. The topological polar surface area (TPSA) is 114 Å². The summed E-state index contributed by atoms with van der Waals surface area (Å²) in [7, 11) is 0. The van der Waals surface area contributed by atoms with E-state index in [4.69, 9.17) is 14.6 Å². The lowest BCUT2D eigenvalue weighted by Gasteiger charge is -2.19. The number of carboxylic acid groups (broad SMARTS) is 1. The van der Waals surface area contributed by atoms with Crippen LogP contribution in [0.15, 0.2) is 48.5 Å². The zero-order valence-corrected chi connectivity index (χ0v) is 19.4. The van der Waals surface area contributed by atoms with Crippen molar-refractivity contribution in [3.63, 3.8) is 0 Å². The predicted octanol–water partition coefficient (Wildman–Crippen LogP) is 3.69. The van der Waals surface area contributed by atoms with Gasteiger partial charge in [-0.25, -0.2) is 4.79 Å². The number of fused-ring (bicyclic) bond motifs is 3. The van der Waals surface area contributed by atoms with Gasteiger partial charge in [0.25, 0.3) is 0 Å². The molecule has 0 aliphatic heterocycles. The minimum absolute atomic E-state index is 0.0518.